The van der Waals surface area contributed by atoms with Gasteiger partial charge < -0.3 is 20.3 Å². The molecule has 2 aromatic carbocycles. The Kier molecular flexibility index (Phi) is 8.96. The van der Waals surface area contributed by atoms with Crippen molar-refractivity contribution in [3.05, 3.63) is 65.7 Å². The third-order valence-corrected chi connectivity index (χ3v) is 4.76. The smallest absolute Gasteiger partial charge is 0.306 e. The summed E-state index contributed by atoms with van der Waals surface area (Å²) in [6.45, 7) is 0.496. The van der Waals surface area contributed by atoms with E-state index in [1.54, 1.807) is 36.2 Å². The van der Waals surface area contributed by atoms with Crippen LogP contribution >= 0.6 is 12.2 Å². The highest BCUT2D eigenvalue weighted by molar-refractivity contribution is 7.80. The van der Waals surface area contributed by atoms with Crippen molar-refractivity contribution in [3.8, 4) is 0 Å². The Morgan fingerprint density at radius 3 is 2.37 bits per heavy atom. The van der Waals surface area contributed by atoms with Crippen LogP contribution in [0.5, 0.6) is 0 Å². The number of nitrogens with one attached hydrogen (secondary N) is 2. The summed E-state index contributed by atoms with van der Waals surface area (Å²) in [7, 11) is 2.93. The molecule has 0 fully saturated rings. The maximum atomic E-state index is 12.7. The SMILES string of the molecule is COC(=O)CCC(=O)NC(=S)N(C)c1ccccc1C(=O)NCCc1ccccc1. The quantitative estimate of drug-likeness (QED) is 0.497. The summed E-state index contributed by atoms with van der Waals surface area (Å²) in [5.74, 6) is -1.10. The number of amides is 2. The fraction of sp³-hybridized carbons (Fsp3) is 0.273. The molecule has 0 aliphatic carbocycles. The van der Waals surface area contributed by atoms with E-state index in [9.17, 15) is 14.4 Å². The summed E-state index contributed by atoms with van der Waals surface area (Å²) in [5.41, 5.74) is 2.14. The standard InChI is InChI=1S/C22H25N3O4S/c1-25(22(30)24-19(26)12-13-20(27)29-2)18-11-7-6-10-17(18)21(28)23-15-14-16-8-4-3-5-9-16/h3-11H,12-15H2,1-2H3,(H,23,28)(H,24,26,30). The molecule has 0 unspecified atom stereocenters. The molecule has 0 bridgehead atoms. The van der Waals surface area contributed by atoms with Crippen LogP contribution in [0.4, 0.5) is 5.69 Å². The van der Waals surface area contributed by atoms with Gasteiger partial charge in [-0.2, -0.15) is 0 Å². The molecule has 0 aliphatic heterocycles. The van der Waals surface area contributed by atoms with Gasteiger partial charge in [-0.25, -0.2) is 0 Å². The highest BCUT2D eigenvalue weighted by Crippen LogP contribution is 2.19. The van der Waals surface area contributed by atoms with Gasteiger partial charge in [-0.1, -0.05) is 42.5 Å². The summed E-state index contributed by atoms with van der Waals surface area (Å²) in [5, 5.41) is 5.62. The van der Waals surface area contributed by atoms with Crippen LogP contribution in [0.1, 0.15) is 28.8 Å². The summed E-state index contributed by atoms with van der Waals surface area (Å²) in [4.78, 5) is 37.4. The molecule has 7 nitrogen and oxygen atoms in total. The van der Waals surface area contributed by atoms with Crippen molar-refractivity contribution in [1.82, 2.24) is 10.6 Å². The molecule has 8 heteroatoms. The van der Waals surface area contributed by atoms with Gasteiger partial charge in [-0.05, 0) is 36.3 Å². The predicted molar refractivity (Wildman–Crippen MR) is 119 cm³/mol. The van der Waals surface area contributed by atoms with Crippen molar-refractivity contribution in [1.29, 1.82) is 0 Å². The first-order valence-corrected chi connectivity index (χ1v) is 9.88. The van der Waals surface area contributed by atoms with Crippen LogP contribution in [0, 0.1) is 0 Å². The van der Waals surface area contributed by atoms with E-state index in [4.69, 9.17) is 12.2 Å². The number of anilines is 1. The van der Waals surface area contributed by atoms with Gasteiger partial charge in [0.05, 0.1) is 24.8 Å². The number of carbonyl (C=O) groups excluding carboxylic acids is 3. The first-order chi connectivity index (χ1) is 14.4. The second-order valence-electron chi connectivity index (χ2n) is 6.50. The molecular weight excluding hydrogens is 402 g/mol. The molecule has 0 saturated carbocycles. The number of nitrogens with zero attached hydrogens (tertiary/aromatic N) is 1. The molecule has 2 N–H and O–H groups in total. The van der Waals surface area contributed by atoms with Gasteiger partial charge in [-0.3, -0.25) is 14.4 Å². The number of hydrogen-bond acceptors (Lipinski definition) is 5. The van der Waals surface area contributed by atoms with Gasteiger partial charge >= 0.3 is 5.97 Å². The number of carbonyl (C=O) groups is 3. The second-order valence-corrected chi connectivity index (χ2v) is 6.88. The minimum Gasteiger partial charge on any atom is -0.469 e. The topological polar surface area (TPSA) is 87.7 Å². The summed E-state index contributed by atoms with van der Waals surface area (Å²) < 4.78 is 4.52. The van der Waals surface area contributed by atoms with E-state index in [-0.39, 0.29) is 23.9 Å². The zero-order valence-electron chi connectivity index (χ0n) is 17.0. The zero-order valence-corrected chi connectivity index (χ0v) is 17.8. The van der Waals surface area contributed by atoms with Crippen molar-refractivity contribution >= 4 is 40.8 Å². The molecule has 158 valence electrons. The number of benzene rings is 2. The average Bonchev–Trinajstić information content (AvgIpc) is 2.77. The van der Waals surface area contributed by atoms with Crippen molar-refractivity contribution in [2.45, 2.75) is 19.3 Å². The number of rotatable bonds is 8. The monoisotopic (exact) mass is 427 g/mol. The molecule has 0 heterocycles. The summed E-state index contributed by atoms with van der Waals surface area (Å²) >= 11 is 5.29. The van der Waals surface area contributed by atoms with E-state index in [1.807, 2.05) is 30.3 Å². The molecule has 30 heavy (non-hydrogen) atoms. The molecule has 0 spiro atoms. The van der Waals surface area contributed by atoms with Gasteiger partial charge in [0.25, 0.3) is 5.91 Å². The van der Waals surface area contributed by atoms with Crippen molar-refractivity contribution in [3.63, 3.8) is 0 Å². The molecule has 0 aromatic heterocycles. The van der Waals surface area contributed by atoms with E-state index in [2.05, 4.69) is 15.4 Å². The lowest BCUT2D eigenvalue weighted by molar-refractivity contribution is -0.142. The average molecular weight is 428 g/mol. The van der Waals surface area contributed by atoms with Crippen LogP contribution in [0.3, 0.4) is 0 Å². The largest absolute Gasteiger partial charge is 0.469 e. The third-order valence-electron chi connectivity index (χ3n) is 4.39. The van der Waals surface area contributed by atoms with Crippen LogP contribution in [0.2, 0.25) is 0 Å². The Bertz CT molecular complexity index is 902. The van der Waals surface area contributed by atoms with Crippen molar-refractivity contribution in [2.75, 3.05) is 25.6 Å². The highest BCUT2D eigenvalue weighted by Gasteiger charge is 2.18. The Balaban J connectivity index is 1.96. The van der Waals surface area contributed by atoms with E-state index >= 15 is 0 Å². The van der Waals surface area contributed by atoms with Gasteiger partial charge in [-0.15, -0.1) is 0 Å². The first-order valence-electron chi connectivity index (χ1n) is 9.48. The van der Waals surface area contributed by atoms with Crippen LogP contribution < -0.4 is 15.5 Å². The third kappa shape index (κ3) is 6.97. The number of ether oxygens (including phenoxy) is 1. The maximum Gasteiger partial charge on any atom is 0.306 e. The number of para-hydroxylation sites is 1. The zero-order chi connectivity index (χ0) is 21.9. The number of hydrogen-bond donors (Lipinski definition) is 2. The minimum atomic E-state index is -0.470. The van der Waals surface area contributed by atoms with E-state index in [0.717, 1.165) is 12.0 Å². The highest BCUT2D eigenvalue weighted by atomic mass is 32.1. The normalized spacial score (nSPS) is 10.1. The summed E-state index contributed by atoms with van der Waals surface area (Å²) in [6, 6.07) is 16.9. The Morgan fingerprint density at radius 2 is 1.67 bits per heavy atom. The minimum absolute atomic E-state index is 0.0327. The van der Waals surface area contributed by atoms with Crippen LogP contribution in [0.25, 0.3) is 0 Å². The Hall–Kier alpha value is -3.26. The fourth-order valence-corrected chi connectivity index (χ4v) is 2.92. The van der Waals surface area contributed by atoms with E-state index < -0.39 is 11.9 Å². The molecule has 2 aromatic rings. The predicted octanol–water partition coefficient (Wildman–Crippen LogP) is 2.45. The van der Waals surface area contributed by atoms with Crippen LogP contribution in [-0.2, 0) is 20.7 Å². The molecule has 0 aliphatic rings. The van der Waals surface area contributed by atoms with Gasteiger partial charge in [0, 0.05) is 20.0 Å². The van der Waals surface area contributed by atoms with Gasteiger partial charge in [0.2, 0.25) is 5.91 Å². The molecule has 0 saturated heterocycles. The van der Waals surface area contributed by atoms with Crippen molar-refractivity contribution in [2.24, 2.45) is 0 Å². The maximum absolute atomic E-state index is 12.7. The first kappa shape index (κ1) is 23.0. The van der Waals surface area contributed by atoms with Gasteiger partial charge in [0.15, 0.2) is 5.11 Å². The second kappa shape index (κ2) is 11.7. The molecule has 0 atom stereocenters. The van der Waals surface area contributed by atoms with E-state index in [0.29, 0.717) is 17.8 Å². The number of esters is 1. The molecular formula is C22H25N3O4S. The summed E-state index contributed by atoms with van der Waals surface area (Å²) in [6.07, 6.45) is 0.649. The van der Waals surface area contributed by atoms with Crippen LogP contribution in [0.15, 0.2) is 54.6 Å². The lowest BCUT2D eigenvalue weighted by Gasteiger charge is -2.23. The fourth-order valence-electron chi connectivity index (χ4n) is 2.71. The Morgan fingerprint density at radius 1 is 1.00 bits per heavy atom. The lowest BCUT2D eigenvalue weighted by Crippen LogP contribution is -2.41. The van der Waals surface area contributed by atoms with Crippen molar-refractivity contribution < 1.29 is 19.1 Å². The van der Waals surface area contributed by atoms with Gasteiger partial charge in [0.1, 0.15) is 0 Å². The Labute approximate surface area is 181 Å². The number of thiocarbonyl (C=S) groups is 1. The molecule has 2 rings (SSSR count). The lowest BCUT2D eigenvalue weighted by atomic mass is 10.1. The number of methoxy groups -OCH3 is 1. The molecule has 2 amide bonds. The van der Waals surface area contributed by atoms with E-state index in [1.165, 1.54) is 7.11 Å². The van der Waals surface area contributed by atoms with Crippen LogP contribution in [-0.4, -0.2) is 43.6 Å². The molecule has 0 radical (unpaired) electrons.